The summed E-state index contributed by atoms with van der Waals surface area (Å²) < 4.78 is 0. The lowest BCUT2D eigenvalue weighted by Gasteiger charge is -2.27. The van der Waals surface area contributed by atoms with Gasteiger partial charge < -0.3 is 5.11 Å². The number of benzene rings is 1. The summed E-state index contributed by atoms with van der Waals surface area (Å²) in [5.74, 6) is -0.595. The van der Waals surface area contributed by atoms with Crippen LogP contribution < -0.4 is 0 Å². The van der Waals surface area contributed by atoms with Gasteiger partial charge in [-0.05, 0) is 43.2 Å². The lowest BCUT2D eigenvalue weighted by atomic mass is 9.77. The van der Waals surface area contributed by atoms with Crippen molar-refractivity contribution in [2.45, 2.75) is 33.1 Å². The highest BCUT2D eigenvalue weighted by Gasteiger charge is 2.27. The lowest BCUT2D eigenvalue weighted by molar-refractivity contribution is -0.143. The molecule has 0 amide bonds. The summed E-state index contributed by atoms with van der Waals surface area (Å²) in [5, 5.41) is 9.03. The predicted molar refractivity (Wildman–Crippen MR) is 63.5 cm³/mol. The van der Waals surface area contributed by atoms with Crippen molar-refractivity contribution in [2.75, 3.05) is 0 Å². The van der Waals surface area contributed by atoms with Gasteiger partial charge in [0, 0.05) is 0 Å². The van der Waals surface area contributed by atoms with E-state index in [0.717, 1.165) is 19.3 Å². The Kier molecular flexibility index (Phi) is 2.99. The highest BCUT2D eigenvalue weighted by atomic mass is 16.4. The van der Waals surface area contributed by atoms with E-state index in [1.165, 1.54) is 16.7 Å². The molecule has 0 saturated carbocycles. The molecule has 2 unspecified atom stereocenters. The molecule has 2 heteroatoms. The summed E-state index contributed by atoms with van der Waals surface area (Å²) in [5.41, 5.74) is 4.05. The quantitative estimate of drug-likeness (QED) is 0.828. The second-order valence-corrected chi connectivity index (χ2v) is 4.90. The van der Waals surface area contributed by atoms with Crippen molar-refractivity contribution in [3.63, 3.8) is 0 Å². The fourth-order valence-corrected chi connectivity index (χ4v) is 2.54. The third-order valence-electron chi connectivity index (χ3n) is 3.72. The van der Waals surface area contributed by atoms with Gasteiger partial charge in [-0.3, -0.25) is 4.79 Å². The van der Waals surface area contributed by atoms with Crippen LogP contribution >= 0.6 is 0 Å². The van der Waals surface area contributed by atoms with Crippen LogP contribution in [-0.4, -0.2) is 11.1 Å². The molecule has 0 spiro atoms. The zero-order valence-electron chi connectivity index (χ0n) is 9.86. The van der Waals surface area contributed by atoms with Crippen LogP contribution in [0.25, 0.3) is 0 Å². The van der Waals surface area contributed by atoms with Crippen molar-refractivity contribution in [3.8, 4) is 0 Å². The van der Waals surface area contributed by atoms with Crippen molar-refractivity contribution in [1.29, 1.82) is 0 Å². The van der Waals surface area contributed by atoms with Crippen molar-refractivity contribution in [1.82, 2.24) is 0 Å². The second kappa shape index (κ2) is 4.28. The van der Waals surface area contributed by atoms with Crippen LogP contribution in [0.1, 0.15) is 30.0 Å². The summed E-state index contributed by atoms with van der Waals surface area (Å²) in [6.07, 6.45) is 2.95. The predicted octanol–water partition coefficient (Wildman–Crippen LogP) is 2.82. The number of carboxylic acid groups (broad SMARTS) is 1. The SMILES string of the molecule is Cc1ccc2c(c1)CCC(C(C)C(=O)O)C2. The third-order valence-corrected chi connectivity index (χ3v) is 3.72. The molecule has 0 aromatic heterocycles. The maximum absolute atomic E-state index is 11.0. The zero-order chi connectivity index (χ0) is 11.7. The van der Waals surface area contributed by atoms with Crippen LogP contribution in [0.4, 0.5) is 0 Å². The number of fused-ring (bicyclic) bond motifs is 1. The largest absolute Gasteiger partial charge is 0.481 e. The minimum absolute atomic E-state index is 0.227. The highest BCUT2D eigenvalue weighted by molar-refractivity contribution is 5.70. The summed E-state index contributed by atoms with van der Waals surface area (Å²) in [6, 6.07) is 6.51. The zero-order valence-corrected chi connectivity index (χ0v) is 9.86. The van der Waals surface area contributed by atoms with E-state index in [0.29, 0.717) is 5.92 Å². The van der Waals surface area contributed by atoms with E-state index in [-0.39, 0.29) is 5.92 Å². The Morgan fingerprint density at radius 3 is 2.88 bits per heavy atom. The van der Waals surface area contributed by atoms with E-state index in [1.54, 1.807) is 0 Å². The van der Waals surface area contributed by atoms with E-state index in [1.807, 2.05) is 6.92 Å². The van der Waals surface area contributed by atoms with E-state index < -0.39 is 5.97 Å². The Morgan fingerprint density at radius 1 is 1.44 bits per heavy atom. The molecule has 2 nitrogen and oxygen atoms in total. The summed E-state index contributed by atoms with van der Waals surface area (Å²) in [7, 11) is 0. The molecule has 1 aliphatic rings. The molecule has 1 aromatic carbocycles. The number of hydrogen-bond donors (Lipinski definition) is 1. The summed E-state index contributed by atoms with van der Waals surface area (Å²) in [4.78, 5) is 11.0. The number of carbonyl (C=O) groups is 1. The molecule has 0 aliphatic heterocycles. The number of hydrogen-bond acceptors (Lipinski definition) is 1. The normalized spacial score (nSPS) is 21.2. The van der Waals surface area contributed by atoms with Gasteiger partial charge in [0.25, 0.3) is 0 Å². The molecule has 0 radical (unpaired) electrons. The average Bonchev–Trinajstić information content (AvgIpc) is 2.27. The fourth-order valence-electron chi connectivity index (χ4n) is 2.54. The fraction of sp³-hybridized carbons (Fsp3) is 0.500. The molecule has 0 bridgehead atoms. The first-order valence-corrected chi connectivity index (χ1v) is 5.89. The molecule has 0 fully saturated rings. The number of carboxylic acids is 1. The van der Waals surface area contributed by atoms with Gasteiger partial charge in [0.05, 0.1) is 5.92 Å². The van der Waals surface area contributed by atoms with Crippen LogP contribution in [0.2, 0.25) is 0 Å². The molecule has 2 rings (SSSR count). The Bertz CT molecular complexity index is 409. The standard InChI is InChI=1S/C14H18O2/c1-9-3-4-13-8-11(10(2)14(15)16)5-6-12(13)7-9/h3-4,7,10-11H,5-6,8H2,1-2H3,(H,15,16). The van der Waals surface area contributed by atoms with E-state index in [2.05, 4.69) is 25.1 Å². The maximum atomic E-state index is 11.0. The third kappa shape index (κ3) is 2.11. The van der Waals surface area contributed by atoms with E-state index in [9.17, 15) is 4.79 Å². The molecule has 1 aromatic rings. The van der Waals surface area contributed by atoms with Gasteiger partial charge in [0.1, 0.15) is 0 Å². The van der Waals surface area contributed by atoms with Gasteiger partial charge >= 0.3 is 5.97 Å². The molecular weight excluding hydrogens is 200 g/mol. The molecule has 0 saturated heterocycles. The lowest BCUT2D eigenvalue weighted by Crippen LogP contribution is -2.26. The monoisotopic (exact) mass is 218 g/mol. The topological polar surface area (TPSA) is 37.3 Å². The van der Waals surface area contributed by atoms with Gasteiger partial charge in [-0.1, -0.05) is 30.7 Å². The molecule has 86 valence electrons. The Hall–Kier alpha value is -1.31. The van der Waals surface area contributed by atoms with Crippen LogP contribution in [-0.2, 0) is 17.6 Å². The number of aryl methyl sites for hydroxylation is 2. The van der Waals surface area contributed by atoms with Crippen LogP contribution in [0.3, 0.4) is 0 Å². The Labute approximate surface area is 96.3 Å². The van der Waals surface area contributed by atoms with Crippen molar-refractivity contribution >= 4 is 5.97 Å². The molecule has 1 N–H and O–H groups in total. The van der Waals surface area contributed by atoms with Gasteiger partial charge in [-0.15, -0.1) is 0 Å². The first-order valence-electron chi connectivity index (χ1n) is 5.89. The summed E-state index contributed by atoms with van der Waals surface area (Å²) >= 11 is 0. The first-order chi connectivity index (χ1) is 7.58. The minimum Gasteiger partial charge on any atom is -0.481 e. The number of rotatable bonds is 2. The average molecular weight is 218 g/mol. The number of aliphatic carboxylic acids is 1. The Morgan fingerprint density at radius 2 is 2.19 bits per heavy atom. The molecule has 1 aliphatic carbocycles. The second-order valence-electron chi connectivity index (χ2n) is 4.90. The molecule has 16 heavy (non-hydrogen) atoms. The van der Waals surface area contributed by atoms with Crippen molar-refractivity contribution < 1.29 is 9.90 Å². The van der Waals surface area contributed by atoms with Crippen LogP contribution in [0.15, 0.2) is 18.2 Å². The van der Waals surface area contributed by atoms with E-state index >= 15 is 0 Å². The van der Waals surface area contributed by atoms with Gasteiger partial charge in [0.15, 0.2) is 0 Å². The van der Waals surface area contributed by atoms with E-state index in [4.69, 9.17) is 5.11 Å². The minimum atomic E-state index is -0.666. The van der Waals surface area contributed by atoms with Crippen LogP contribution in [0.5, 0.6) is 0 Å². The van der Waals surface area contributed by atoms with Gasteiger partial charge in [-0.2, -0.15) is 0 Å². The van der Waals surface area contributed by atoms with Crippen LogP contribution in [0, 0.1) is 18.8 Å². The first kappa shape index (κ1) is 11.2. The summed E-state index contributed by atoms with van der Waals surface area (Å²) in [6.45, 7) is 3.93. The maximum Gasteiger partial charge on any atom is 0.306 e. The Balaban J connectivity index is 2.18. The smallest absolute Gasteiger partial charge is 0.306 e. The molecular formula is C14H18O2. The molecule has 0 heterocycles. The molecule has 2 atom stereocenters. The van der Waals surface area contributed by atoms with Gasteiger partial charge in [0.2, 0.25) is 0 Å². The van der Waals surface area contributed by atoms with Crippen molar-refractivity contribution in [2.24, 2.45) is 11.8 Å². The van der Waals surface area contributed by atoms with Gasteiger partial charge in [-0.25, -0.2) is 0 Å². The highest BCUT2D eigenvalue weighted by Crippen LogP contribution is 2.30. The van der Waals surface area contributed by atoms with Crippen molar-refractivity contribution in [3.05, 3.63) is 34.9 Å².